The Morgan fingerprint density at radius 2 is 1.65 bits per heavy atom. The normalized spacial score (nSPS) is 9.65. The lowest BCUT2D eigenvalue weighted by atomic mass is 10.1. The molecule has 0 saturated carbocycles. The molecule has 5 heteroatoms. The number of nitro benzene ring substituents is 1. The SMILES string of the molecule is CC.O=[N+]([O-])c1cc(Cl)c2ccccc2c1Cl. The van der Waals surface area contributed by atoms with Gasteiger partial charge in [-0.05, 0) is 0 Å². The predicted molar refractivity (Wildman–Crippen MR) is 72.0 cm³/mol. The van der Waals surface area contributed by atoms with Crippen LogP contribution in [0.1, 0.15) is 13.8 Å². The van der Waals surface area contributed by atoms with Gasteiger partial charge < -0.3 is 0 Å². The van der Waals surface area contributed by atoms with E-state index in [1.54, 1.807) is 24.3 Å². The molecule has 2 rings (SSSR count). The minimum atomic E-state index is -0.541. The molecule has 0 aliphatic carbocycles. The summed E-state index contributed by atoms with van der Waals surface area (Å²) in [6.45, 7) is 4.00. The van der Waals surface area contributed by atoms with Crippen molar-refractivity contribution in [2.24, 2.45) is 0 Å². The molecule has 90 valence electrons. The average molecular weight is 272 g/mol. The van der Waals surface area contributed by atoms with E-state index in [-0.39, 0.29) is 10.7 Å². The van der Waals surface area contributed by atoms with Gasteiger partial charge in [0.05, 0.1) is 9.95 Å². The molecule has 0 fully saturated rings. The Kier molecular flexibility index (Phi) is 4.73. The first-order valence-electron chi connectivity index (χ1n) is 5.12. The Hall–Kier alpha value is -1.32. The third-order valence-electron chi connectivity index (χ3n) is 2.11. The summed E-state index contributed by atoms with van der Waals surface area (Å²) in [5, 5.41) is 12.5. The van der Waals surface area contributed by atoms with Gasteiger partial charge in [0.2, 0.25) is 0 Å². The summed E-state index contributed by atoms with van der Waals surface area (Å²) >= 11 is 11.8. The summed E-state index contributed by atoms with van der Waals surface area (Å²) in [6, 6.07) is 8.31. The largest absolute Gasteiger partial charge is 0.290 e. The first-order chi connectivity index (χ1) is 8.11. The maximum atomic E-state index is 10.7. The number of nitrogens with zero attached hydrogens (tertiary/aromatic N) is 1. The van der Waals surface area contributed by atoms with E-state index in [0.717, 1.165) is 5.39 Å². The van der Waals surface area contributed by atoms with Gasteiger partial charge in [0.1, 0.15) is 5.02 Å². The maximum Gasteiger partial charge on any atom is 0.290 e. The van der Waals surface area contributed by atoms with Crippen molar-refractivity contribution in [2.75, 3.05) is 0 Å². The number of hydrogen-bond donors (Lipinski definition) is 0. The predicted octanol–water partition coefficient (Wildman–Crippen LogP) is 5.08. The van der Waals surface area contributed by atoms with Crippen molar-refractivity contribution in [3.8, 4) is 0 Å². The van der Waals surface area contributed by atoms with E-state index in [4.69, 9.17) is 23.2 Å². The van der Waals surface area contributed by atoms with E-state index in [0.29, 0.717) is 10.4 Å². The fourth-order valence-corrected chi connectivity index (χ4v) is 1.97. The smallest absolute Gasteiger partial charge is 0.258 e. The number of rotatable bonds is 1. The maximum absolute atomic E-state index is 10.7. The second-order valence-electron chi connectivity index (χ2n) is 2.99. The molecule has 0 unspecified atom stereocenters. The second kappa shape index (κ2) is 5.84. The molecule has 17 heavy (non-hydrogen) atoms. The van der Waals surface area contributed by atoms with Crippen molar-refractivity contribution in [3.05, 3.63) is 50.5 Å². The molecule has 0 bridgehead atoms. The zero-order chi connectivity index (χ0) is 13.0. The van der Waals surface area contributed by atoms with Gasteiger partial charge in [-0.3, -0.25) is 10.1 Å². The highest BCUT2D eigenvalue weighted by Gasteiger charge is 2.17. The van der Waals surface area contributed by atoms with Crippen LogP contribution in [0.3, 0.4) is 0 Å². The van der Waals surface area contributed by atoms with Gasteiger partial charge in [-0.2, -0.15) is 0 Å². The molecule has 0 heterocycles. The molecule has 0 aliphatic rings. The fraction of sp³-hybridized carbons (Fsp3) is 0.167. The molecule has 0 atom stereocenters. The van der Waals surface area contributed by atoms with Gasteiger partial charge in [0, 0.05) is 16.8 Å². The Morgan fingerprint density at radius 1 is 1.12 bits per heavy atom. The van der Waals surface area contributed by atoms with Crippen molar-refractivity contribution < 1.29 is 4.92 Å². The Bertz CT molecular complexity index is 555. The summed E-state index contributed by atoms with van der Waals surface area (Å²) in [4.78, 5) is 10.1. The highest BCUT2D eigenvalue weighted by atomic mass is 35.5. The quantitative estimate of drug-likeness (QED) is 0.536. The molecular formula is C12H11Cl2NO2. The first kappa shape index (κ1) is 13.7. The van der Waals surface area contributed by atoms with Crippen molar-refractivity contribution in [1.29, 1.82) is 0 Å². The van der Waals surface area contributed by atoms with Crippen LogP contribution in [0.5, 0.6) is 0 Å². The van der Waals surface area contributed by atoms with Crippen molar-refractivity contribution in [1.82, 2.24) is 0 Å². The summed E-state index contributed by atoms with van der Waals surface area (Å²) in [5.74, 6) is 0. The molecule has 0 spiro atoms. The number of fused-ring (bicyclic) bond motifs is 1. The number of hydrogen-bond acceptors (Lipinski definition) is 2. The number of benzene rings is 2. The second-order valence-corrected chi connectivity index (χ2v) is 3.78. The molecule has 0 aliphatic heterocycles. The summed E-state index contributed by atoms with van der Waals surface area (Å²) < 4.78 is 0. The summed E-state index contributed by atoms with van der Waals surface area (Å²) in [5.41, 5.74) is -0.166. The van der Waals surface area contributed by atoms with E-state index in [1.165, 1.54) is 6.07 Å². The van der Waals surface area contributed by atoms with E-state index in [1.807, 2.05) is 13.8 Å². The van der Waals surface area contributed by atoms with E-state index in [2.05, 4.69) is 0 Å². The van der Waals surface area contributed by atoms with Crippen molar-refractivity contribution in [2.45, 2.75) is 13.8 Å². The zero-order valence-corrected chi connectivity index (χ0v) is 10.9. The van der Waals surface area contributed by atoms with E-state index >= 15 is 0 Å². The van der Waals surface area contributed by atoms with E-state index in [9.17, 15) is 10.1 Å². The van der Waals surface area contributed by atoms with Crippen molar-refractivity contribution >= 4 is 39.7 Å². The number of nitro groups is 1. The topological polar surface area (TPSA) is 43.1 Å². The molecule has 0 aromatic heterocycles. The summed E-state index contributed by atoms with van der Waals surface area (Å²) in [7, 11) is 0. The standard InChI is InChI=1S/C10H5Cl2NO2.C2H6/c11-8-5-9(13(14)15)10(12)7-4-2-1-3-6(7)8;1-2/h1-5H;1-2H3. The molecule has 0 amide bonds. The highest BCUT2D eigenvalue weighted by molar-refractivity contribution is 6.42. The Balaban J connectivity index is 0.000000686. The third-order valence-corrected chi connectivity index (χ3v) is 2.82. The monoisotopic (exact) mass is 271 g/mol. The van der Waals surface area contributed by atoms with Crippen LogP contribution < -0.4 is 0 Å². The van der Waals surface area contributed by atoms with Gasteiger partial charge in [-0.15, -0.1) is 0 Å². The minimum Gasteiger partial charge on any atom is -0.258 e. The molecule has 2 aromatic rings. The van der Waals surface area contributed by atoms with Gasteiger partial charge in [-0.25, -0.2) is 0 Å². The lowest BCUT2D eigenvalue weighted by Gasteiger charge is -2.03. The van der Waals surface area contributed by atoms with E-state index < -0.39 is 4.92 Å². The van der Waals surface area contributed by atoms with Crippen LogP contribution in [0.2, 0.25) is 10.0 Å². The van der Waals surface area contributed by atoms with Crippen LogP contribution in [0.4, 0.5) is 5.69 Å². The zero-order valence-electron chi connectivity index (χ0n) is 9.41. The summed E-state index contributed by atoms with van der Waals surface area (Å²) in [6.07, 6.45) is 0. The minimum absolute atomic E-state index is 0.125. The highest BCUT2D eigenvalue weighted by Crippen LogP contribution is 2.36. The molecule has 3 nitrogen and oxygen atoms in total. The van der Waals surface area contributed by atoms with Gasteiger partial charge in [0.15, 0.2) is 0 Å². The third kappa shape index (κ3) is 2.68. The van der Waals surface area contributed by atoms with Crippen LogP contribution in [0, 0.1) is 10.1 Å². The van der Waals surface area contributed by atoms with Gasteiger partial charge in [-0.1, -0.05) is 61.3 Å². The van der Waals surface area contributed by atoms with Crippen LogP contribution >= 0.6 is 23.2 Å². The Labute approximate surface area is 109 Å². The van der Waals surface area contributed by atoms with Crippen LogP contribution in [-0.2, 0) is 0 Å². The van der Waals surface area contributed by atoms with Crippen molar-refractivity contribution in [3.63, 3.8) is 0 Å². The fourth-order valence-electron chi connectivity index (χ4n) is 1.41. The first-order valence-corrected chi connectivity index (χ1v) is 5.88. The molecule has 0 saturated heterocycles. The molecule has 2 aromatic carbocycles. The molecule has 0 N–H and O–H groups in total. The molecular weight excluding hydrogens is 261 g/mol. The average Bonchev–Trinajstić information content (AvgIpc) is 2.36. The lowest BCUT2D eigenvalue weighted by molar-refractivity contribution is -0.384. The van der Waals surface area contributed by atoms with Crippen LogP contribution in [0.25, 0.3) is 10.8 Å². The molecule has 0 radical (unpaired) electrons. The van der Waals surface area contributed by atoms with Crippen LogP contribution in [-0.4, -0.2) is 4.92 Å². The van der Waals surface area contributed by atoms with Gasteiger partial charge in [0.25, 0.3) is 5.69 Å². The lowest BCUT2D eigenvalue weighted by Crippen LogP contribution is -1.90. The number of halogens is 2. The van der Waals surface area contributed by atoms with Crippen LogP contribution in [0.15, 0.2) is 30.3 Å². The van der Waals surface area contributed by atoms with Gasteiger partial charge >= 0.3 is 0 Å². The Morgan fingerprint density at radius 3 is 2.18 bits per heavy atom.